The van der Waals surface area contributed by atoms with Crippen LogP contribution in [0.4, 0.5) is 28.9 Å². The Morgan fingerprint density at radius 2 is 1.95 bits per heavy atom. The van der Waals surface area contributed by atoms with Gasteiger partial charge in [0.2, 0.25) is 0 Å². The molecule has 0 saturated heterocycles. The molecule has 0 bridgehead atoms. The van der Waals surface area contributed by atoms with Gasteiger partial charge in [0.05, 0.1) is 16.9 Å². The van der Waals surface area contributed by atoms with Crippen LogP contribution in [0.5, 0.6) is 0 Å². The van der Waals surface area contributed by atoms with E-state index in [-0.39, 0.29) is 11.4 Å². The zero-order valence-corrected chi connectivity index (χ0v) is 10.8. The van der Waals surface area contributed by atoms with Crippen LogP contribution in [0.3, 0.4) is 0 Å². The highest BCUT2D eigenvalue weighted by Crippen LogP contribution is 2.31. The summed E-state index contributed by atoms with van der Waals surface area (Å²) in [7, 11) is 0. The Hall–Kier alpha value is -1.99. The Bertz CT molecular complexity index is 515. The fraction of sp³-hybridized carbons (Fsp3) is 0.417. The summed E-state index contributed by atoms with van der Waals surface area (Å²) in [6.45, 7) is 1.68. The summed E-state index contributed by atoms with van der Waals surface area (Å²) in [6.07, 6.45) is -4.49. The Balaban J connectivity index is 3.28. The van der Waals surface area contributed by atoms with E-state index in [1.165, 1.54) is 13.8 Å². The summed E-state index contributed by atoms with van der Waals surface area (Å²) in [6, 6.07) is 0.942. The molecule has 0 fully saturated rings. The van der Waals surface area contributed by atoms with Crippen molar-refractivity contribution in [3.05, 3.63) is 23.5 Å². The minimum atomic E-state index is -4.49. The first kappa shape index (κ1) is 16.1. The lowest BCUT2D eigenvalue weighted by molar-refractivity contribution is -0.120. The Morgan fingerprint density at radius 1 is 1.40 bits per heavy atom. The number of hydrogen-bond acceptors (Lipinski definition) is 3. The van der Waals surface area contributed by atoms with Crippen LogP contribution in [0.25, 0.3) is 0 Å². The van der Waals surface area contributed by atoms with Crippen LogP contribution in [-0.4, -0.2) is 29.8 Å². The maximum atomic E-state index is 13.6. The van der Waals surface area contributed by atoms with Crippen molar-refractivity contribution in [1.29, 1.82) is 0 Å². The van der Waals surface area contributed by atoms with Gasteiger partial charge in [0.1, 0.15) is 12.4 Å². The molecule has 1 aromatic carbocycles. The lowest BCUT2D eigenvalue weighted by atomic mass is 10.1. The maximum Gasteiger partial charge on any atom is 0.405 e. The topological polar surface area (TPSA) is 66.6 Å². The number of aromatic carboxylic acids is 1. The number of hydrogen-bond donors (Lipinski definition) is 2. The minimum absolute atomic E-state index is 0.181. The van der Waals surface area contributed by atoms with E-state index in [0.717, 1.165) is 11.0 Å². The van der Waals surface area contributed by atoms with E-state index < -0.39 is 36.1 Å². The fourth-order valence-electron chi connectivity index (χ4n) is 1.73. The Kier molecular flexibility index (Phi) is 4.46. The van der Waals surface area contributed by atoms with Crippen molar-refractivity contribution in [3.8, 4) is 0 Å². The molecule has 4 nitrogen and oxygen atoms in total. The zero-order chi connectivity index (χ0) is 15.7. The molecule has 0 aliphatic rings. The quantitative estimate of drug-likeness (QED) is 0.662. The highest BCUT2D eigenvalue weighted by Gasteiger charge is 2.33. The van der Waals surface area contributed by atoms with E-state index in [0.29, 0.717) is 6.07 Å². The van der Waals surface area contributed by atoms with Crippen LogP contribution < -0.4 is 10.6 Å². The van der Waals surface area contributed by atoms with Crippen LogP contribution in [0.15, 0.2) is 12.1 Å². The molecular weight excluding hydrogens is 280 g/mol. The van der Waals surface area contributed by atoms with Gasteiger partial charge in [-0.3, -0.25) is 0 Å². The van der Waals surface area contributed by atoms with Gasteiger partial charge >= 0.3 is 12.1 Å². The molecule has 0 amide bonds. The van der Waals surface area contributed by atoms with Gasteiger partial charge in [-0.1, -0.05) is 0 Å². The molecule has 0 unspecified atom stereocenters. The predicted octanol–water partition coefficient (Wildman–Crippen LogP) is 2.88. The summed E-state index contributed by atoms with van der Waals surface area (Å²) < 4.78 is 51.2. The third kappa shape index (κ3) is 3.75. The number of benzene rings is 1. The number of carbonyl (C=O) groups is 1. The molecule has 0 saturated carbocycles. The van der Waals surface area contributed by atoms with Gasteiger partial charge in [-0.25, -0.2) is 9.18 Å². The van der Waals surface area contributed by atoms with Crippen LogP contribution in [0, 0.1) is 5.82 Å². The number of nitrogens with two attached hydrogens (primary N) is 1. The summed E-state index contributed by atoms with van der Waals surface area (Å²) in [5.41, 5.74) is 4.47. The van der Waals surface area contributed by atoms with Crippen molar-refractivity contribution in [2.24, 2.45) is 0 Å². The molecule has 20 heavy (non-hydrogen) atoms. The summed E-state index contributed by atoms with van der Waals surface area (Å²) >= 11 is 0. The number of carboxylic acid groups (broad SMARTS) is 1. The third-order valence-electron chi connectivity index (χ3n) is 2.63. The van der Waals surface area contributed by atoms with Crippen molar-refractivity contribution in [1.82, 2.24) is 0 Å². The van der Waals surface area contributed by atoms with E-state index in [4.69, 9.17) is 10.8 Å². The number of anilines is 2. The molecule has 0 aliphatic heterocycles. The van der Waals surface area contributed by atoms with Crippen molar-refractivity contribution in [2.45, 2.75) is 26.1 Å². The smallest absolute Gasteiger partial charge is 0.405 e. The molecule has 0 atom stereocenters. The summed E-state index contributed by atoms with van der Waals surface area (Å²) in [4.78, 5) is 11.6. The number of carboxylic acids is 1. The van der Waals surface area contributed by atoms with Crippen LogP contribution in [0.1, 0.15) is 24.2 Å². The van der Waals surface area contributed by atoms with Crippen molar-refractivity contribution >= 4 is 17.3 Å². The lowest BCUT2D eigenvalue weighted by Gasteiger charge is -2.31. The second-order valence-corrected chi connectivity index (χ2v) is 4.53. The first-order valence-corrected chi connectivity index (χ1v) is 5.68. The van der Waals surface area contributed by atoms with Gasteiger partial charge in [-0.15, -0.1) is 0 Å². The molecule has 3 N–H and O–H groups in total. The molecule has 0 heterocycles. The van der Waals surface area contributed by atoms with Gasteiger partial charge in [0.15, 0.2) is 0 Å². The molecule has 1 aromatic rings. The van der Waals surface area contributed by atoms with Gasteiger partial charge in [0, 0.05) is 12.1 Å². The molecule has 112 valence electrons. The van der Waals surface area contributed by atoms with E-state index in [1.54, 1.807) is 0 Å². The van der Waals surface area contributed by atoms with Crippen LogP contribution >= 0.6 is 0 Å². The largest absolute Gasteiger partial charge is 0.478 e. The SMILES string of the molecule is CC(C)N(CC(F)(F)F)c1cc(F)c(C(=O)O)cc1N. The second-order valence-electron chi connectivity index (χ2n) is 4.53. The highest BCUT2D eigenvalue weighted by molar-refractivity contribution is 5.91. The summed E-state index contributed by atoms with van der Waals surface area (Å²) in [5, 5.41) is 8.73. The average Bonchev–Trinajstić information content (AvgIpc) is 2.27. The Labute approximate surface area is 112 Å². The molecular formula is C12H14F4N2O2. The Morgan fingerprint density at radius 3 is 2.35 bits per heavy atom. The van der Waals surface area contributed by atoms with Crippen molar-refractivity contribution in [2.75, 3.05) is 17.2 Å². The lowest BCUT2D eigenvalue weighted by Crippen LogP contribution is -2.39. The monoisotopic (exact) mass is 294 g/mol. The molecule has 8 heteroatoms. The van der Waals surface area contributed by atoms with Crippen LogP contribution in [-0.2, 0) is 0 Å². The predicted molar refractivity (Wildman–Crippen MR) is 66.3 cm³/mol. The maximum absolute atomic E-state index is 13.6. The zero-order valence-electron chi connectivity index (χ0n) is 10.8. The van der Waals surface area contributed by atoms with Crippen molar-refractivity contribution in [3.63, 3.8) is 0 Å². The normalized spacial score (nSPS) is 11.8. The number of nitrogen functional groups attached to an aromatic ring is 1. The first-order chi connectivity index (χ1) is 9.03. The van der Waals surface area contributed by atoms with Gasteiger partial charge in [0.25, 0.3) is 0 Å². The van der Waals surface area contributed by atoms with Gasteiger partial charge in [-0.2, -0.15) is 13.2 Å². The number of nitrogens with zero attached hydrogens (tertiary/aromatic N) is 1. The molecule has 0 spiro atoms. The second kappa shape index (κ2) is 5.56. The molecule has 0 aromatic heterocycles. The number of alkyl halides is 3. The van der Waals surface area contributed by atoms with Gasteiger partial charge in [-0.05, 0) is 19.9 Å². The van der Waals surface area contributed by atoms with Crippen LogP contribution in [0.2, 0.25) is 0 Å². The first-order valence-electron chi connectivity index (χ1n) is 5.68. The van der Waals surface area contributed by atoms with Gasteiger partial charge < -0.3 is 15.7 Å². The molecule has 1 rings (SSSR count). The van der Waals surface area contributed by atoms with E-state index in [9.17, 15) is 22.4 Å². The standard InChI is InChI=1S/C12H14F4N2O2/c1-6(2)18(5-12(14,15)16)10-4-8(13)7(11(19)20)3-9(10)17/h3-4,6H,5,17H2,1-2H3,(H,19,20). The number of rotatable bonds is 4. The van der Waals surface area contributed by atoms with E-state index in [1.807, 2.05) is 0 Å². The molecule has 0 radical (unpaired) electrons. The number of halogens is 4. The summed E-state index contributed by atoms with van der Waals surface area (Å²) in [5.74, 6) is -2.66. The van der Waals surface area contributed by atoms with Crippen molar-refractivity contribution < 1.29 is 27.5 Å². The third-order valence-corrected chi connectivity index (χ3v) is 2.63. The highest BCUT2D eigenvalue weighted by atomic mass is 19.4. The average molecular weight is 294 g/mol. The fourth-order valence-corrected chi connectivity index (χ4v) is 1.73. The van der Waals surface area contributed by atoms with E-state index in [2.05, 4.69) is 0 Å². The van der Waals surface area contributed by atoms with E-state index >= 15 is 0 Å². The minimum Gasteiger partial charge on any atom is -0.478 e. The molecule has 0 aliphatic carbocycles.